The van der Waals surface area contributed by atoms with E-state index in [9.17, 15) is 8.42 Å². The van der Waals surface area contributed by atoms with E-state index in [1.165, 1.54) is 0 Å². The van der Waals surface area contributed by atoms with Crippen LogP contribution in [0.4, 0.5) is 5.69 Å². The molecule has 1 aromatic heterocycles. The first-order valence-corrected chi connectivity index (χ1v) is 7.10. The lowest BCUT2D eigenvalue weighted by Crippen LogP contribution is -2.07. The molecule has 0 aliphatic heterocycles. The number of hydrogen-bond acceptors (Lipinski definition) is 4. The Morgan fingerprint density at radius 2 is 2.11 bits per heavy atom. The molecule has 2 aromatic rings. The van der Waals surface area contributed by atoms with E-state index in [4.69, 9.17) is 5.73 Å². The largest absolute Gasteiger partial charge is 0.398 e. The standard InChI is InChI=1S/C12H15N3O2S/c1-9-3-4-12(11(13)5-9)18(16,17)8-10-6-14-15(2)7-10/h3-7H,8,13H2,1-2H3. The monoisotopic (exact) mass is 265 g/mol. The minimum atomic E-state index is -3.43. The Kier molecular flexibility index (Phi) is 3.13. The van der Waals surface area contributed by atoms with Crippen molar-refractivity contribution in [2.24, 2.45) is 7.05 Å². The highest BCUT2D eigenvalue weighted by Crippen LogP contribution is 2.23. The van der Waals surface area contributed by atoms with Crippen LogP contribution in [-0.2, 0) is 22.6 Å². The van der Waals surface area contributed by atoms with Gasteiger partial charge in [-0.1, -0.05) is 6.07 Å². The molecular formula is C12H15N3O2S. The van der Waals surface area contributed by atoms with Crippen molar-refractivity contribution in [3.05, 3.63) is 41.7 Å². The zero-order valence-electron chi connectivity index (χ0n) is 10.3. The lowest BCUT2D eigenvalue weighted by Gasteiger charge is -2.07. The van der Waals surface area contributed by atoms with Crippen molar-refractivity contribution in [1.29, 1.82) is 0 Å². The number of aromatic nitrogens is 2. The van der Waals surface area contributed by atoms with Gasteiger partial charge in [0.15, 0.2) is 9.84 Å². The summed E-state index contributed by atoms with van der Waals surface area (Å²) in [6.45, 7) is 1.87. The van der Waals surface area contributed by atoms with Crippen LogP contribution >= 0.6 is 0 Å². The lowest BCUT2D eigenvalue weighted by atomic mass is 10.2. The minimum Gasteiger partial charge on any atom is -0.398 e. The highest BCUT2D eigenvalue weighted by Gasteiger charge is 2.19. The Balaban J connectivity index is 2.36. The van der Waals surface area contributed by atoms with Gasteiger partial charge in [0.25, 0.3) is 0 Å². The van der Waals surface area contributed by atoms with E-state index in [1.54, 1.807) is 42.3 Å². The lowest BCUT2D eigenvalue weighted by molar-refractivity contribution is 0.595. The van der Waals surface area contributed by atoms with Gasteiger partial charge in [0.2, 0.25) is 0 Å². The molecule has 0 aliphatic rings. The first kappa shape index (κ1) is 12.6. The van der Waals surface area contributed by atoms with Crippen LogP contribution < -0.4 is 5.73 Å². The van der Waals surface area contributed by atoms with Crippen LogP contribution in [0.3, 0.4) is 0 Å². The van der Waals surface area contributed by atoms with Crippen molar-refractivity contribution in [1.82, 2.24) is 9.78 Å². The number of nitrogens with zero attached hydrogens (tertiary/aromatic N) is 2. The maximum Gasteiger partial charge on any atom is 0.184 e. The average molecular weight is 265 g/mol. The number of rotatable bonds is 3. The highest BCUT2D eigenvalue weighted by molar-refractivity contribution is 7.90. The molecule has 5 nitrogen and oxygen atoms in total. The van der Waals surface area contributed by atoms with Gasteiger partial charge >= 0.3 is 0 Å². The van der Waals surface area contributed by atoms with E-state index >= 15 is 0 Å². The van der Waals surface area contributed by atoms with Gasteiger partial charge in [-0.05, 0) is 24.6 Å². The highest BCUT2D eigenvalue weighted by atomic mass is 32.2. The fourth-order valence-corrected chi connectivity index (χ4v) is 3.23. The molecule has 18 heavy (non-hydrogen) atoms. The Bertz CT molecular complexity index is 674. The number of anilines is 1. The van der Waals surface area contributed by atoms with Gasteiger partial charge in [-0.15, -0.1) is 0 Å². The molecule has 96 valence electrons. The SMILES string of the molecule is Cc1ccc(S(=O)(=O)Cc2cnn(C)c2)c(N)c1. The molecule has 0 spiro atoms. The molecule has 0 unspecified atom stereocenters. The predicted octanol–water partition coefficient (Wildman–Crippen LogP) is 1.28. The van der Waals surface area contributed by atoms with Gasteiger partial charge in [0.1, 0.15) is 0 Å². The molecule has 1 heterocycles. The fraction of sp³-hybridized carbons (Fsp3) is 0.250. The molecule has 2 N–H and O–H groups in total. The maximum absolute atomic E-state index is 12.2. The number of aryl methyl sites for hydroxylation is 2. The van der Waals surface area contributed by atoms with E-state index in [0.29, 0.717) is 11.3 Å². The van der Waals surface area contributed by atoms with E-state index in [1.807, 2.05) is 6.92 Å². The summed E-state index contributed by atoms with van der Waals surface area (Å²) >= 11 is 0. The van der Waals surface area contributed by atoms with Crippen LogP contribution in [0, 0.1) is 6.92 Å². The molecule has 2 rings (SSSR count). The normalized spacial score (nSPS) is 11.7. The van der Waals surface area contributed by atoms with Crippen molar-refractivity contribution in [2.45, 2.75) is 17.6 Å². The zero-order valence-corrected chi connectivity index (χ0v) is 11.1. The number of nitrogens with two attached hydrogens (primary N) is 1. The average Bonchev–Trinajstić information content (AvgIpc) is 2.62. The predicted molar refractivity (Wildman–Crippen MR) is 69.7 cm³/mol. The molecule has 0 saturated carbocycles. The third kappa shape index (κ3) is 2.53. The third-order valence-electron chi connectivity index (χ3n) is 2.62. The summed E-state index contributed by atoms with van der Waals surface area (Å²) in [6, 6.07) is 4.96. The van der Waals surface area contributed by atoms with Crippen LogP contribution in [0.2, 0.25) is 0 Å². The summed E-state index contributed by atoms with van der Waals surface area (Å²) in [4.78, 5) is 0.178. The summed E-state index contributed by atoms with van der Waals surface area (Å²) < 4.78 is 26.0. The third-order valence-corrected chi connectivity index (χ3v) is 4.37. The summed E-state index contributed by atoms with van der Waals surface area (Å²) in [6.07, 6.45) is 3.23. The van der Waals surface area contributed by atoms with Crippen LogP contribution in [0.5, 0.6) is 0 Å². The number of benzene rings is 1. The summed E-state index contributed by atoms with van der Waals surface area (Å²) in [5.74, 6) is -0.0892. The molecule has 0 atom stereocenters. The van der Waals surface area contributed by atoms with Crippen LogP contribution in [-0.4, -0.2) is 18.2 Å². The maximum atomic E-state index is 12.2. The number of sulfone groups is 1. The van der Waals surface area contributed by atoms with Crippen molar-refractivity contribution in [2.75, 3.05) is 5.73 Å². The van der Waals surface area contributed by atoms with Gasteiger partial charge < -0.3 is 5.73 Å². The van der Waals surface area contributed by atoms with Crippen molar-refractivity contribution in [3.8, 4) is 0 Å². The second kappa shape index (κ2) is 4.45. The molecule has 1 aromatic carbocycles. The van der Waals surface area contributed by atoms with E-state index in [0.717, 1.165) is 5.56 Å². The Labute approximate surface area is 106 Å². The first-order valence-electron chi connectivity index (χ1n) is 5.45. The van der Waals surface area contributed by atoms with Gasteiger partial charge in [0, 0.05) is 18.8 Å². The molecule has 0 bridgehead atoms. The summed E-state index contributed by atoms with van der Waals surface area (Å²) in [5, 5.41) is 3.95. The zero-order chi connectivity index (χ0) is 13.3. The van der Waals surface area contributed by atoms with Crippen LogP contribution in [0.1, 0.15) is 11.1 Å². The molecule has 0 aliphatic carbocycles. The summed E-state index contributed by atoms with van der Waals surface area (Å²) in [5.41, 5.74) is 7.65. The fourth-order valence-electron chi connectivity index (χ4n) is 1.79. The molecule has 0 fully saturated rings. The van der Waals surface area contributed by atoms with Crippen molar-refractivity contribution in [3.63, 3.8) is 0 Å². The van der Waals surface area contributed by atoms with E-state index < -0.39 is 9.84 Å². The van der Waals surface area contributed by atoms with Crippen molar-refractivity contribution >= 4 is 15.5 Å². The second-order valence-corrected chi connectivity index (χ2v) is 6.28. The molecular weight excluding hydrogens is 250 g/mol. The Hall–Kier alpha value is -1.82. The number of hydrogen-bond donors (Lipinski definition) is 1. The van der Waals surface area contributed by atoms with Crippen LogP contribution in [0.15, 0.2) is 35.5 Å². The quantitative estimate of drug-likeness (QED) is 0.848. The smallest absolute Gasteiger partial charge is 0.184 e. The topological polar surface area (TPSA) is 78.0 Å². The van der Waals surface area contributed by atoms with E-state index in [2.05, 4.69) is 5.10 Å². The molecule has 0 amide bonds. The van der Waals surface area contributed by atoms with Gasteiger partial charge in [-0.3, -0.25) is 4.68 Å². The van der Waals surface area contributed by atoms with Gasteiger partial charge in [0.05, 0.1) is 22.5 Å². The molecule has 6 heteroatoms. The molecule has 0 saturated heterocycles. The first-order chi connectivity index (χ1) is 8.38. The Morgan fingerprint density at radius 3 is 2.67 bits per heavy atom. The van der Waals surface area contributed by atoms with Crippen LogP contribution in [0.25, 0.3) is 0 Å². The van der Waals surface area contributed by atoms with E-state index in [-0.39, 0.29) is 10.6 Å². The van der Waals surface area contributed by atoms with Crippen molar-refractivity contribution < 1.29 is 8.42 Å². The van der Waals surface area contributed by atoms with Gasteiger partial charge in [-0.25, -0.2) is 8.42 Å². The Morgan fingerprint density at radius 1 is 1.39 bits per heavy atom. The summed E-state index contributed by atoms with van der Waals surface area (Å²) in [7, 11) is -1.68. The minimum absolute atomic E-state index is 0.0892. The van der Waals surface area contributed by atoms with Gasteiger partial charge in [-0.2, -0.15) is 5.10 Å². The molecule has 0 radical (unpaired) electrons. The second-order valence-electron chi connectivity index (χ2n) is 4.32. The number of nitrogen functional groups attached to an aromatic ring is 1.